The van der Waals surface area contributed by atoms with E-state index in [1.165, 1.54) is 5.56 Å². The summed E-state index contributed by atoms with van der Waals surface area (Å²) in [5.74, 6) is 0.210. The highest BCUT2D eigenvalue weighted by molar-refractivity contribution is 5.89. The van der Waals surface area contributed by atoms with Gasteiger partial charge in [0.15, 0.2) is 0 Å². The van der Waals surface area contributed by atoms with E-state index in [0.717, 1.165) is 41.6 Å². The van der Waals surface area contributed by atoms with Crippen LogP contribution >= 0.6 is 0 Å². The van der Waals surface area contributed by atoms with Crippen molar-refractivity contribution in [1.29, 1.82) is 0 Å². The molecule has 0 unspecified atom stereocenters. The summed E-state index contributed by atoms with van der Waals surface area (Å²) in [6.45, 7) is 5.95. The van der Waals surface area contributed by atoms with E-state index in [1.54, 1.807) is 6.26 Å². The topological polar surface area (TPSA) is 33.5 Å². The molecule has 0 N–H and O–H groups in total. The lowest BCUT2D eigenvalue weighted by atomic mass is 10.0. The van der Waals surface area contributed by atoms with Crippen molar-refractivity contribution in [2.45, 2.75) is 26.7 Å². The van der Waals surface area contributed by atoms with E-state index in [2.05, 4.69) is 26.0 Å². The van der Waals surface area contributed by atoms with E-state index in [1.807, 2.05) is 4.90 Å². The number of aryl methyl sites for hydroxylation is 2. The zero-order chi connectivity index (χ0) is 12.7. The van der Waals surface area contributed by atoms with Gasteiger partial charge in [0, 0.05) is 24.0 Å². The van der Waals surface area contributed by atoms with Crippen LogP contribution in [0.15, 0.2) is 22.8 Å². The molecule has 0 bridgehead atoms. The maximum Gasteiger partial charge on any atom is 0.227 e. The van der Waals surface area contributed by atoms with Crippen LogP contribution in [-0.4, -0.2) is 23.9 Å². The minimum absolute atomic E-state index is 0.210. The van der Waals surface area contributed by atoms with E-state index >= 15 is 0 Å². The van der Waals surface area contributed by atoms with Gasteiger partial charge in [0.2, 0.25) is 5.91 Å². The third kappa shape index (κ3) is 1.70. The van der Waals surface area contributed by atoms with Crippen LogP contribution in [-0.2, 0) is 11.2 Å². The number of nitrogens with zero attached hydrogens (tertiary/aromatic N) is 1. The number of amides is 1. The standard InChI is InChI=1S/C15H17NO2/c1-10-4-5-13-12(9-18-15(13)11(10)2)8-14(17)16-6-3-7-16/h4-5,9H,3,6-8H2,1-2H3. The van der Waals surface area contributed by atoms with E-state index in [0.29, 0.717) is 6.42 Å². The summed E-state index contributed by atoms with van der Waals surface area (Å²) in [6.07, 6.45) is 3.32. The number of benzene rings is 1. The van der Waals surface area contributed by atoms with Crippen molar-refractivity contribution < 1.29 is 9.21 Å². The number of carbonyl (C=O) groups excluding carboxylic acids is 1. The summed E-state index contributed by atoms with van der Waals surface area (Å²) in [5.41, 5.74) is 4.30. The fraction of sp³-hybridized carbons (Fsp3) is 0.400. The lowest BCUT2D eigenvalue weighted by molar-refractivity contribution is -0.133. The second kappa shape index (κ2) is 4.16. The zero-order valence-corrected chi connectivity index (χ0v) is 10.8. The molecule has 3 heteroatoms. The molecule has 3 rings (SSSR count). The number of carbonyl (C=O) groups is 1. The van der Waals surface area contributed by atoms with Crippen molar-refractivity contribution >= 4 is 16.9 Å². The number of hydrogen-bond donors (Lipinski definition) is 0. The fourth-order valence-corrected chi connectivity index (χ4v) is 2.37. The Kier molecular flexibility index (Phi) is 2.62. The number of likely N-dealkylation sites (tertiary alicyclic amines) is 1. The van der Waals surface area contributed by atoms with E-state index in [4.69, 9.17) is 4.42 Å². The molecule has 1 aliphatic heterocycles. The minimum atomic E-state index is 0.210. The predicted molar refractivity (Wildman–Crippen MR) is 70.6 cm³/mol. The van der Waals surface area contributed by atoms with Crippen LogP contribution in [0.2, 0.25) is 0 Å². The highest BCUT2D eigenvalue weighted by Crippen LogP contribution is 2.27. The van der Waals surface area contributed by atoms with Crippen molar-refractivity contribution in [3.63, 3.8) is 0 Å². The van der Waals surface area contributed by atoms with Gasteiger partial charge in [0.05, 0.1) is 12.7 Å². The van der Waals surface area contributed by atoms with Crippen LogP contribution in [0, 0.1) is 13.8 Å². The fourth-order valence-electron chi connectivity index (χ4n) is 2.37. The largest absolute Gasteiger partial charge is 0.464 e. The molecular weight excluding hydrogens is 226 g/mol. The summed E-state index contributed by atoms with van der Waals surface area (Å²) in [7, 11) is 0. The zero-order valence-electron chi connectivity index (χ0n) is 10.8. The first kappa shape index (κ1) is 11.3. The average molecular weight is 243 g/mol. The van der Waals surface area contributed by atoms with Gasteiger partial charge in [0.25, 0.3) is 0 Å². The molecule has 2 heterocycles. The first-order valence-electron chi connectivity index (χ1n) is 6.41. The molecule has 1 fully saturated rings. The number of fused-ring (bicyclic) bond motifs is 1. The van der Waals surface area contributed by atoms with Gasteiger partial charge in [-0.25, -0.2) is 0 Å². The molecule has 18 heavy (non-hydrogen) atoms. The molecule has 0 saturated carbocycles. The lowest BCUT2D eigenvalue weighted by Gasteiger charge is -2.30. The molecule has 1 aliphatic rings. The third-order valence-corrected chi connectivity index (χ3v) is 3.89. The minimum Gasteiger partial charge on any atom is -0.464 e. The van der Waals surface area contributed by atoms with E-state index < -0.39 is 0 Å². The van der Waals surface area contributed by atoms with Gasteiger partial charge in [-0.2, -0.15) is 0 Å². The molecule has 0 radical (unpaired) electrons. The number of furan rings is 1. The smallest absolute Gasteiger partial charge is 0.227 e. The van der Waals surface area contributed by atoms with Gasteiger partial charge < -0.3 is 9.32 Å². The van der Waals surface area contributed by atoms with Crippen LogP contribution in [0.25, 0.3) is 11.0 Å². The monoisotopic (exact) mass is 243 g/mol. The van der Waals surface area contributed by atoms with Gasteiger partial charge in [-0.3, -0.25) is 4.79 Å². The van der Waals surface area contributed by atoms with Gasteiger partial charge >= 0.3 is 0 Å². The third-order valence-electron chi connectivity index (χ3n) is 3.89. The second-order valence-electron chi connectivity index (χ2n) is 5.06. The quantitative estimate of drug-likeness (QED) is 0.812. The Balaban J connectivity index is 1.93. The molecule has 3 nitrogen and oxygen atoms in total. The SMILES string of the molecule is Cc1ccc2c(CC(=O)N3CCC3)coc2c1C. The Morgan fingerprint density at radius 1 is 1.33 bits per heavy atom. The maximum atomic E-state index is 12.0. The van der Waals surface area contributed by atoms with Crippen molar-refractivity contribution in [3.05, 3.63) is 35.1 Å². The Bertz CT molecular complexity index is 608. The molecule has 1 aromatic carbocycles. The Hall–Kier alpha value is -1.77. The van der Waals surface area contributed by atoms with Gasteiger partial charge in [0.1, 0.15) is 5.58 Å². The highest BCUT2D eigenvalue weighted by atomic mass is 16.3. The normalized spacial score (nSPS) is 14.9. The van der Waals surface area contributed by atoms with Gasteiger partial charge in [-0.05, 0) is 31.4 Å². The highest BCUT2D eigenvalue weighted by Gasteiger charge is 2.21. The molecule has 2 aromatic rings. The Morgan fingerprint density at radius 2 is 2.11 bits per heavy atom. The molecule has 94 valence electrons. The van der Waals surface area contributed by atoms with Crippen LogP contribution in [0.3, 0.4) is 0 Å². The molecular formula is C15H17NO2. The van der Waals surface area contributed by atoms with Crippen LogP contribution in [0.1, 0.15) is 23.1 Å². The Morgan fingerprint density at radius 3 is 2.78 bits per heavy atom. The predicted octanol–water partition coefficient (Wildman–Crippen LogP) is 2.82. The van der Waals surface area contributed by atoms with Crippen LogP contribution in [0.4, 0.5) is 0 Å². The van der Waals surface area contributed by atoms with Crippen molar-refractivity contribution in [3.8, 4) is 0 Å². The van der Waals surface area contributed by atoms with Crippen LogP contribution in [0.5, 0.6) is 0 Å². The van der Waals surface area contributed by atoms with Crippen LogP contribution < -0.4 is 0 Å². The molecule has 0 aliphatic carbocycles. The lowest BCUT2D eigenvalue weighted by Crippen LogP contribution is -2.42. The second-order valence-corrected chi connectivity index (χ2v) is 5.06. The summed E-state index contributed by atoms with van der Waals surface area (Å²) in [5, 5.41) is 1.08. The van der Waals surface area contributed by atoms with E-state index in [9.17, 15) is 4.79 Å². The first-order chi connectivity index (χ1) is 8.66. The summed E-state index contributed by atoms with van der Waals surface area (Å²) in [6, 6.07) is 4.14. The molecule has 1 amide bonds. The average Bonchev–Trinajstić information content (AvgIpc) is 2.65. The van der Waals surface area contributed by atoms with Crippen molar-refractivity contribution in [2.24, 2.45) is 0 Å². The molecule has 0 spiro atoms. The number of rotatable bonds is 2. The first-order valence-corrected chi connectivity index (χ1v) is 6.41. The van der Waals surface area contributed by atoms with Gasteiger partial charge in [-0.15, -0.1) is 0 Å². The maximum absolute atomic E-state index is 12.0. The molecule has 0 atom stereocenters. The van der Waals surface area contributed by atoms with E-state index in [-0.39, 0.29) is 5.91 Å². The van der Waals surface area contributed by atoms with Crippen molar-refractivity contribution in [1.82, 2.24) is 4.90 Å². The molecule has 1 aromatic heterocycles. The van der Waals surface area contributed by atoms with Crippen molar-refractivity contribution in [2.75, 3.05) is 13.1 Å². The van der Waals surface area contributed by atoms with Gasteiger partial charge in [-0.1, -0.05) is 12.1 Å². The number of hydrogen-bond acceptors (Lipinski definition) is 2. The molecule has 1 saturated heterocycles. The summed E-state index contributed by atoms with van der Waals surface area (Å²) in [4.78, 5) is 13.9. The summed E-state index contributed by atoms with van der Waals surface area (Å²) >= 11 is 0. The summed E-state index contributed by atoms with van der Waals surface area (Å²) < 4.78 is 5.62. The Labute approximate surface area is 106 Å².